The molecule has 2 rings (SSSR count). The van der Waals surface area contributed by atoms with E-state index < -0.39 is 8.32 Å². The molecule has 2 aliphatic rings. The minimum Gasteiger partial charge on any atom is -0.402 e. The number of hydrogen-bond donors (Lipinski definition) is 0. The quantitative estimate of drug-likeness (QED) is 0.509. The van der Waals surface area contributed by atoms with E-state index in [2.05, 4.69) is 31.9 Å². The van der Waals surface area contributed by atoms with Crippen LogP contribution in [0.1, 0.15) is 12.8 Å². The fourth-order valence-electron chi connectivity index (χ4n) is 2.52. The largest absolute Gasteiger partial charge is 0.402 e. The zero-order chi connectivity index (χ0) is 10.9. The van der Waals surface area contributed by atoms with E-state index in [0.29, 0.717) is 12.0 Å². The fourth-order valence-corrected chi connectivity index (χ4v) is 4.11. The molecule has 80 valence electrons. The van der Waals surface area contributed by atoms with Gasteiger partial charge >= 0.3 is 0 Å². The second-order valence-corrected chi connectivity index (χ2v) is 7.57. The number of fused-ring (bicyclic) bond motifs is 2. The first kappa shape index (κ1) is 10.6. The molecule has 0 aromatic carbocycles. The average molecular weight is 218 g/mol. The molecule has 3 unspecified atom stereocenters. The van der Waals surface area contributed by atoms with Crippen molar-refractivity contribution in [2.45, 2.75) is 18.9 Å². The summed E-state index contributed by atoms with van der Waals surface area (Å²) in [5.41, 5.74) is 5.72. The molecule has 0 saturated heterocycles. The Hall–Kier alpha value is -0.863. The van der Waals surface area contributed by atoms with Crippen LogP contribution in [0.15, 0.2) is 49.0 Å². The normalized spacial score (nSPS) is 32.9. The monoisotopic (exact) mass is 218 g/mol. The van der Waals surface area contributed by atoms with Crippen molar-refractivity contribution in [3.05, 3.63) is 49.0 Å². The third-order valence-corrected chi connectivity index (χ3v) is 6.16. The first-order valence-electron chi connectivity index (χ1n) is 5.50. The average Bonchev–Trinajstić information content (AvgIpc) is 2.88. The minimum absolute atomic E-state index is 0.362. The van der Waals surface area contributed by atoms with Crippen molar-refractivity contribution >= 4 is 8.32 Å². The summed E-state index contributed by atoms with van der Waals surface area (Å²) in [4.78, 5) is 0. The Kier molecular flexibility index (Phi) is 2.80. The molecular weight excluding hydrogens is 200 g/mol. The van der Waals surface area contributed by atoms with Crippen LogP contribution in [0.2, 0.25) is 0 Å². The molecule has 1 fully saturated rings. The summed E-state index contributed by atoms with van der Waals surface area (Å²) in [5, 5.41) is 0. The summed E-state index contributed by atoms with van der Waals surface area (Å²) in [6.45, 7) is 11.6. The molecule has 0 radical (unpaired) electrons. The lowest BCUT2D eigenvalue weighted by Gasteiger charge is -2.28. The van der Waals surface area contributed by atoms with Gasteiger partial charge in [-0.05, 0) is 18.8 Å². The van der Waals surface area contributed by atoms with Gasteiger partial charge < -0.3 is 4.43 Å². The van der Waals surface area contributed by atoms with Gasteiger partial charge in [-0.25, -0.2) is 0 Å². The summed E-state index contributed by atoms with van der Waals surface area (Å²) in [5.74, 6) is 1.35. The van der Waals surface area contributed by atoms with Crippen molar-refractivity contribution in [1.82, 2.24) is 0 Å². The molecule has 0 aromatic rings. The zero-order valence-electron chi connectivity index (χ0n) is 9.06. The van der Waals surface area contributed by atoms with Crippen LogP contribution in [0.5, 0.6) is 0 Å². The molecule has 0 aliphatic heterocycles. The van der Waals surface area contributed by atoms with Crippen LogP contribution < -0.4 is 0 Å². The Balaban J connectivity index is 2.07. The predicted molar refractivity (Wildman–Crippen MR) is 66.6 cm³/mol. The first-order valence-corrected chi connectivity index (χ1v) is 7.64. The molecule has 1 nitrogen and oxygen atoms in total. The lowest BCUT2D eigenvalue weighted by Crippen LogP contribution is -2.38. The molecular formula is C13H18OSi. The van der Waals surface area contributed by atoms with E-state index in [1.165, 1.54) is 6.42 Å². The maximum atomic E-state index is 6.21. The highest BCUT2D eigenvalue weighted by Crippen LogP contribution is 2.41. The Morgan fingerprint density at radius 3 is 2.13 bits per heavy atom. The Labute approximate surface area is 93.0 Å². The van der Waals surface area contributed by atoms with Gasteiger partial charge in [-0.1, -0.05) is 29.2 Å². The molecule has 0 heterocycles. The third-order valence-electron chi connectivity index (χ3n) is 3.53. The van der Waals surface area contributed by atoms with Gasteiger partial charge in [0, 0.05) is 5.92 Å². The molecule has 0 N–H and O–H groups in total. The van der Waals surface area contributed by atoms with Crippen LogP contribution >= 0.6 is 0 Å². The number of rotatable bonds is 5. The lowest BCUT2D eigenvalue weighted by molar-refractivity contribution is 0.173. The van der Waals surface area contributed by atoms with Gasteiger partial charge in [0.15, 0.2) is 0 Å². The van der Waals surface area contributed by atoms with Crippen molar-refractivity contribution in [2.75, 3.05) is 0 Å². The van der Waals surface area contributed by atoms with Gasteiger partial charge in [-0.2, -0.15) is 0 Å². The van der Waals surface area contributed by atoms with E-state index >= 15 is 0 Å². The number of allylic oxidation sites excluding steroid dienone is 1. The lowest BCUT2D eigenvalue weighted by atomic mass is 10.1. The minimum atomic E-state index is -2.06. The van der Waals surface area contributed by atoms with Crippen LogP contribution in [0, 0.1) is 11.8 Å². The summed E-state index contributed by atoms with van der Waals surface area (Å²) in [6, 6.07) is 0. The van der Waals surface area contributed by atoms with Crippen LogP contribution in [0.4, 0.5) is 0 Å². The summed E-state index contributed by atoms with van der Waals surface area (Å²) in [7, 11) is -2.06. The van der Waals surface area contributed by atoms with Crippen molar-refractivity contribution in [2.24, 2.45) is 11.8 Å². The Morgan fingerprint density at radius 2 is 1.73 bits per heavy atom. The smallest absolute Gasteiger partial charge is 0.265 e. The first-order chi connectivity index (χ1) is 7.23. The molecule has 0 spiro atoms. The van der Waals surface area contributed by atoms with E-state index in [0.717, 1.165) is 12.3 Å². The van der Waals surface area contributed by atoms with Gasteiger partial charge in [-0.15, -0.1) is 19.7 Å². The van der Waals surface area contributed by atoms with Gasteiger partial charge in [0.25, 0.3) is 8.32 Å². The molecule has 0 amide bonds. The maximum absolute atomic E-state index is 6.21. The molecule has 2 heteroatoms. The zero-order valence-corrected chi connectivity index (χ0v) is 10.1. The van der Waals surface area contributed by atoms with Crippen molar-refractivity contribution < 1.29 is 4.43 Å². The van der Waals surface area contributed by atoms with Gasteiger partial charge in [0.1, 0.15) is 0 Å². The summed E-state index contributed by atoms with van der Waals surface area (Å²) in [6.07, 6.45) is 7.41. The molecule has 2 aliphatic carbocycles. The van der Waals surface area contributed by atoms with Crippen LogP contribution in [0.3, 0.4) is 0 Å². The molecule has 2 bridgehead atoms. The third kappa shape index (κ3) is 1.79. The second-order valence-electron chi connectivity index (χ2n) is 4.40. The van der Waals surface area contributed by atoms with E-state index in [4.69, 9.17) is 4.43 Å². The van der Waals surface area contributed by atoms with E-state index in [1.54, 1.807) is 0 Å². The van der Waals surface area contributed by atoms with Gasteiger partial charge in [0.05, 0.1) is 6.10 Å². The maximum Gasteiger partial charge on any atom is 0.265 e. The van der Waals surface area contributed by atoms with Gasteiger partial charge in [-0.3, -0.25) is 0 Å². The SMILES string of the molecule is C=C[Si](C=C)(C=C)OC1CC2C=CC1C2. The van der Waals surface area contributed by atoms with Crippen molar-refractivity contribution in [3.63, 3.8) is 0 Å². The molecule has 0 aromatic heterocycles. The van der Waals surface area contributed by atoms with Crippen molar-refractivity contribution in [1.29, 1.82) is 0 Å². The Morgan fingerprint density at radius 1 is 1.07 bits per heavy atom. The highest BCUT2D eigenvalue weighted by molar-refractivity contribution is 6.87. The topological polar surface area (TPSA) is 9.23 Å². The fraction of sp³-hybridized carbons (Fsp3) is 0.385. The standard InChI is InChI=1S/C13H18OSi/c1-4-15(5-2,6-3)14-13-10-11-7-8-12(13)9-11/h4-8,11-13H,1-3,9-10H2. The molecule has 3 atom stereocenters. The summed E-state index contributed by atoms with van der Waals surface area (Å²) >= 11 is 0. The number of hydrogen-bond acceptors (Lipinski definition) is 1. The predicted octanol–water partition coefficient (Wildman–Crippen LogP) is 3.09. The Bertz CT molecular complexity index is 297. The van der Waals surface area contributed by atoms with E-state index in [9.17, 15) is 0 Å². The van der Waals surface area contributed by atoms with Gasteiger partial charge in [0.2, 0.25) is 0 Å². The van der Waals surface area contributed by atoms with Crippen LogP contribution in [0.25, 0.3) is 0 Å². The van der Waals surface area contributed by atoms with Crippen LogP contribution in [-0.4, -0.2) is 14.4 Å². The molecule has 15 heavy (non-hydrogen) atoms. The second kappa shape index (κ2) is 3.95. The highest BCUT2D eigenvalue weighted by atomic mass is 28.4. The van der Waals surface area contributed by atoms with Crippen LogP contribution in [-0.2, 0) is 4.43 Å². The van der Waals surface area contributed by atoms with Crippen molar-refractivity contribution in [3.8, 4) is 0 Å². The summed E-state index contributed by atoms with van der Waals surface area (Å²) < 4.78 is 6.21. The van der Waals surface area contributed by atoms with E-state index in [1.807, 2.05) is 17.1 Å². The highest BCUT2D eigenvalue weighted by Gasteiger charge is 2.40. The van der Waals surface area contributed by atoms with E-state index in [-0.39, 0.29) is 0 Å². The molecule has 1 saturated carbocycles.